The van der Waals surface area contributed by atoms with Crippen LogP contribution in [0.2, 0.25) is 0 Å². The molecule has 2 aliphatic heterocycles. The Balaban J connectivity index is 2.01. The van der Waals surface area contributed by atoms with Crippen LogP contribution in [0.1, 0.15) is 25.7 Å². The van der Waals surface area contributed by atoms with E-state index in [1.807, 2.05) is 0 Å². The maximum atomic E-state index is 3.51. The van der Waals surface area contributed by atoms with Gasteiger partial charge in [0.05, 0.1) is 0 Å². The molecule has 0 unspecified atom stereocenters. The molecular weight excluding hydrogens is 148 g/mol. The van der Waals surface area contributed by atoms with Gasteiger partial charge < -0.3 is 10.2 Å². The molecule has 0 aliphatic carbocycles. The van der Waals surface area contributed by atoms with Gasteiger partial charge in [-0.3, -0.25) is 0 Å². The Morgan fingerprint density at radius 3 is 3.08 bits per heavy atom. The van der Waals surface area contributed by atoms with E-state index in [1.54, 1.807) is 0 Å². The van der Waals surface area contributed by atoms with Crippen LogP contribution in [0.3, 0.4) is 0 Å². The van der Waals surface area contributed by atoms with E-state index in [2.05, 4.69) is 17.3 Å². The normalized spacial score (nSPS) is 38.8. The van der Waals surface area contributed by atoms with Crippen molar-refractivity contribution in [1.82, 2.24) is 10.2 Å². The molecule has 0 aromatic rings. The van der Waals surface area contributed by atoms with Crippen molar-refractivity contribution in [1.29, 1.82) is 0 Å². The van der Waals surface area contributed by atoms with Gasteiger partial charge in [0.1, 0.15) is 0 Å². The number of fused-ring (bicyclic) bond motifs is 1. The summed E-state index contributed by atoms with van der Waals surface area (Å²) in [5, 5.41) is 3.51. The Labute approximate surface area is 75.3 Å². The highest BCUT2D eigenvalue weighted by Crippen LogP contribution is 2.25. The summed E-state index contributed by atoms with van der Waals surface area (Å²) in [6.07, 6.45) is 5.65. The Morgan fingerprint density at radius 2 is 2.17 bits per heavy atom. The predicted octanol–water partition coefficient (Wildman–Crippen LogP) is 1.08. The number of hydrogen-bond donors (Lipinski definition) is 1. The minimum Gasteiger partial charge on any atom is -0.316 e. The van der Waals surface area contributed by atoms with Crippen molar-refractivity contribution in [3.8, 4) is 0 Å². The molecule has 0 spiro atoms. The van der Waals surface area contributed by atoms with Gasteiger partial charge in [-0.05, 0) is 51.9 Å². The predicted molar refractivity (Wildman–Crippen MR) is 51.2 cm³/mol. The minimum atomic E-state index is 0.883. The molecule has 2 heteroatoms. The molecule has 0 radical (unpaired) electrons. The number of nitrogens with one attached hydrogen (secondary N) is 1. The van der Waals surface area contributed by atoms with E-state index in [1.165, 1.54) is 45.3 Å². The average Bonchev–Trinajstić information content (AvgIpc) is 2.29. The zero-order valence-electron chi connectivity index (χ0n) is 8.05. The van der Waals surface area contributed by atoms with Gasteiger partial charge in [0.15, 0.2) is 0 Å². The van der Waals surface area contributed by atoms with Crippen LogP contribution in [-0.4, -0.2) is 37.6 Å². The fraction of sp³-hybridized carbons (Fsp3) is 1.00. The van der Waals surface area contributed by atoms with Crippen LogP contribution in [0.15, 0.2) is 0 Å². The van der Waals surface area contributed by atoms with Gasteiger partial charge in [-0.15, -0.1) is 0 Å². The van der Waals surface area contributed by atoms with E-state index in [9.17, 15) is 0 Å². The summed E-state index contributed by atoms with van der Waals surface area (Å²) in [5.74, 6) is 0.936. The molecule has 0 bridgehead atoms. The zero-order chi connectivity index (χ0) is 8.39. The Hall–Kier alpha value is -0.0800. The molecule has 2 nitrogen and oxygen atoms in total. The highest BCUT2D eigenvalue weighted by Gasteiger charge is 2.29. The van der Waals surface area contributed by atoms with Crippen molar-refractivity contribution in [2.24, 2.45) is 5.92 Å². The molecule has 1 N–H and O–H groups in total. The van der Waals surface area contributed by atoms with Gasteiger partial charge in [-0.25, -0.2) is 0 Å². The van der Waals surface area contributed by atoms with Gasteiger partial charge in [0.25, 0.3) is 0 Å². The second-order valence-corrected chi connectivity index (χ2v) is 4.30. The summed E-state index contributed by atoms with van der Waals surface area (Å²) >= 11 is 0. The summed E-state index contributed by atoms with van der Waals surface area (Å²) in [7, 11) is 2.30. The largest absolute Gasteiger partial charge is 0.316 e. The van der Waals surface area contributed by atoms with Gasteiger partial charge >= 0.3 is 0 Å². The van der Waals surface area contributed by atoms with E-state index in [0.29, 0.717) is 0 Å². The van der Waals surface area contributed by atoms with Gasteiger partial charge in [-0.2, -0.15) is 0 Å². The van der Waals surface area contributed by atoms with Crippen LogP contribution in [0.5, 0.6) is 0 Å². The molecule has 70 valence electrons. The fourth-order valence-electron chi connectivity index (χ4n) is 2.72. The third-order valence-corrected chi connectivity index (χ3v) is 3.47. The van der Waals surface area contributed by atoms with E-state index < -0.39 is 0 Å². The maximum Gasteiger partial charge on any atom is 0.0145 e. The smallest absolute Gasteiger partial charge is 0.0145 e. The van der Waals surface area contributed by atoms with Crippen LogP contribution in [0.4, 0.5) is 0 Å². The van der Waals surface area contributed by atoms with Crippen LogP contribution < -0.4 is 5.32 Å². The number of likely N-dealkylation sites (tertiary alicyclic amines) is 1. The van der Waals surface area contributed by atoms with E-state index in [4.69, 9.17) is 0 Å². The van der Waals surface area contributed by atoms with Gasteiger partial charge in [0.2, 0.25) is 0 Å². The summed E-state index contributed by atoms with van der Waals surface area (Å²) in [6, 6.07) is 0.883. The van der Waals surface area contributed by atoms with Crippen molar-refractivity contribution < 1.29 is 0 Å². The Bertz CT molecular complexity index is 147. The van der Waals surface area contributed by atoms with Crippen molar-refractivity contribution in [2.75, 3.05) is 26.7 Å². The van der Waals surface area contributed by atoms with Crippen LogP contribution in [0, 0.1) is 5.92 Å². The fourth-order valence-corrected chi connectivity index (χ4v) is 2.72. The molecule has 2 aliphatic rings. The number of piperidine rings is 1. The molecule has 2 saturated heterocycles. The zero-order valence-corrected chi connectivity index (χ0v) is 8.05. The van der Waals surface area contributed by atoms with Crippen molar-refractivity contribution in [3.05, 3.63) is 0 Å². The van der Waals surface area contributed by atoms with Crippen molar-refractivity contribution in [3.63, 3.8) is 0 Å². The lowest BCUT2D eigenvalue weighted by molar-refractivity contribution is 0.154. The molecule has 0 saturated carbocycles. The van der Waals surface area contributed by atoms with Crippen molar-refractivity contribution >= 4 is 0 Å². The first-order chi connectivity index (χ1) is 5.88. The second kappa shape index (κ2) is 3.75. The first-order valence-electron chi connectivity index (χ1n) is 5.29. The molecule has 2 heterocycles. The first kappa shape index (κ1) is 8.52. The Morgan fingerprint density at radius 1 is 1.25 bits per heavy atom. The molecule has 12 heavy (non-hydrogen) atoms. The van der Waals surface area contributed by atoms with Gasteiger partial charge in [-0.1, -0.05) is 6.42 Å². The highest BCUT2D eigenvalue weighted by molar-refractivity contribution is 4.86. The summed E-state index contributed by atoms with van der Waals surface area (Å²) < 4.78 is 0. The number of hydrogen-bond acceptors (Lipinski definition) is 2. The molecule has 2 atom stereocenters. The summed E-state index contributed by atoms with van der Waals surface area (Å²) in [6.45, 7) is 3.81. The van der Waals surface area contributed by atoms with Crippen molar-refractivity contribution in [2.45, 2.75) is 31.7 Å². The molecule has 0 aromatic carbocycles. The molecule has 2 fully saturated rings. The van der Waals surface area contributed by atoms with Gasteiger partial charge in [0, 0.05) is 6.04 Å². The van der Waals surface area contributed by atoms with E-state index in [0.717, 1.165) is 12.0 Å². The topological polar surface area (TPSA) is 15.3 Å². The molecule has 0 amide bonds. The number of nitrogens with zero attached hydrogens (tertiary/aromatic N) is 1. The lowest BCUT2D eigenvalue weighted by Gasteiger charge is -2.36. The molecule has 0 aromatic heterocycles. The Kier molecular flexibility index (Phi) is 2.66. The van der Waals surface area contributed by atoms with Crippen LogP contribution in [0.25, 0.3) is 0 Å². The molecular formula is C10H20N2. The lowest BCUT2D eigenvalue weighted by Crippen LogP contribution is -2.47. The third kappa shape index (κ3) is 1.64. The maximum absolute atomic E-state index is 3.51. The standard InChI is InChI=1S/C10H20N2/c1-12-7-3-2-4-9-8-11-6-5-10(9)12/h9-11H,2-8H2,1H3/t9-,10-/m1/s1. The SMILES string of the molecule is CN1CCCC[C@@H]2CNCC[C@H]21. The molecule has 2 rings (SSSR count). The van der Waals surface area contributed by atoms with E-state index >= 15 is 0 Å². The minimum absolute atomic E-state index is 0.883. The quantitative estimate of drug-likeness (QED) is 0.582. The summed E-state index contributed by atoms with van der Waals surface area (Å²) in [5.41, 5.74) is 0. The van der Waals surface area contributed by atoms with Crippen LogP contribution >= 0.6 is 0 Å². The number of rotatable bonds is 0. The first-order valence-corrected chi connectivity index (χ1v) is 5.29. The highest BCUT2D eigenvalue weighted by atomic mass is 15.1. The summed E-state index contributed by atoms with van der Waals surface area (Å²) in [4.78, 5) is 2.58. The third-order valence-electron chi connectivity index (χ3n) is 3.47. The lowest BCUT2D eigenvalue weighted by atomic mass is 9.90. The van der Waals surface area contributed by atoms with Crippen LogP contribution in [-0.2, 0) is 0 Å². The van der Waals surface area contributed by atoms with E-state index in [-0.39, 0.29) is 0 Å². The average molecular weight is 168 g/mol. The monoisotopic (exact) mass is 168 g/mol. The second-order valence-electron chi connectivity index (χ2n) is 4.30.